The fourth-order valence-corrected chi connectivity index (χ4v) is 3.54. The van der Waals surface area contributed by atoms with Gasteiger partial charge in [0.15, 0.2) is 5.16 Å². The Morgan fingerprint density at radius 3 is 3.15 bits per heavy atom. The highest BCUT2D eigenvalue weighted by Gasteiger charge is 2.11. The first-order valence-electron chi connectivity index (χ1n) is 5.97. The SMILES string of the molecule is COc1ccnc(CSc2nc3cscc3n2CO)c1. The molecule has 3 aromatic heterocycles. The molecule has 0 bridgehead atoms. The Hall–Kier alpha value is -1.57. The van der Waals surface area contributed by atoms with Crippen LogP contribution >= 0.6 is 23.1 Å². The molecule has 5 nitrogen and oxygen atoms in total. The van der Waals surface area contributed by atoms with E-state index >= 15 is 0 Å². The maximum absolute atomic E-state index is 9.48. The minimum absolute atomic E-state index is 0.0683. The normalized spacial score (nSPS) is 11.1. The zero-order chi connectivity index (χ0) is 13.9. The van der Waals surface area contributed by atoms with E-state index in [1.165, 1.54) is 0 Å². The molecular formula is C13H13N3O2S2. The van der Waals surface area contributed by atoms with E-state index in [-0.39, 0.29) is 6.73 Å². The van der Waals surface area contributed by atoms with Crippen LogP contribution in [0.15, 0.2) is 34.2 Å². The third-order valence-corrected chi connectivity index (χ3v) is 4.60. The average Bonchev–Trinajstić information content (AvgIpc) is 3.05. The molecule has 0 radical (unpaired) electrons. The maximum Gasteiger partial charge on any atom is 0.171 e. The first-order valence-corrected chi connectivity index (χ1v) is 7.89. The largest absolute Gasteiger partial charge is 0.497 e. The zero-order valence-electron chi connectivity index (χ0n) is 10.8. The first-order chi connectivity index (χ1) is 9.81. The number of aliphatic hydroxyl groups is 1. The second kappa shape index (κ2) is 5.82. The van der Waals surface area contributed by atoms with E-state index in [1.54, 1.807) is 41.0 Å². The molecular weight excluding hydrogens is 294 g/mol. The van der Waals surface area contributed by atoms with Gasteiger partial charge in [0.05, 0.1) is 18.3 Å². The summed E-state index contributed by atoms with van der Waals surface area (Å²) in [5.74, 6) is 1.47. The fraction of sp³-hybridized carbons (Fsp3) is 0.231. The van der Waals surface area contributed by atoms with Crippen LogP contribution in [0, 0.1) is 0 Å². The lowest BCUT2D eigenvalue weighted by molar-refractivity contribution is 0.205. The average molecular weight is 307 g/mol. The van der Waals surface area contributed by atoms with Gasteiger partial charge in [0.25, 0.3) is 0 Å². The molecule has 20 heavy (non-hydrogen) atoms. The predicted octanol–water partition coefficient (Wildman–Crippen LogP) is 2.74. The molecule has 0 saturated heterocycles. The molecule has 104 valence electrons. The molecule has 0 aliphatic heterocycles. The first kappa shape index (κ1) is 13.4. The van der Waals surface area contributed by atoms with Crippen molar-refractivity contribution in [2.75, 3.05) is 7.11 Å². The van der Waals surface area contributed by atoms with Crippen molar-refractivity contribution in [3.05, 3.63) is 34.8 Å². The highest BCUT2D eigenvalue weighted by atomic mass is 32.2. The van der Waals surface area contributed by atoms with Crippen molar-refractivity contribution in [2.45, 2.75) is 17.6 Å². The Morgan fingerprint density at radius 1 is 1.45 bits per heavy atom. The summed E-state index contributed by atoms with van der Waals surface area (Å²) in [6.07, 6.45) is 1.73. The molecule has 0 spiro atoms. The van der Waals surface area contributed by atoms with Crippen LogP contribution in [0.25, 0.3) is 11.0 Å². The van der Waals surface area contributed by atoms with Crippen LogP contribution in [0.1, 0.15) is 5.69 Å². The number of aliphatic hydroxyl groups excluding tert-OH is 1. The number of pyridine rings is 1. The molecule has 0 aliphatic rings. The predicted molar refractivity (Wildman–Crippen MR) is 80.2 cm³/mol. The quantitative estimate of drug-likeness (QED) is 0.734. The highest BCUT2D eigenvalue weighted by Crippen LogP contribution is 2.28. The van der Waals surface area contributed by atoms with E-state index in [1.807, 2.05) is 22.9 Å². The van der Waals surface area contributed by atoms with Crippen molar-refractivity contribution in [3.8, 4) is 5.75 Å². The molecule has 7 heteroatoms. The summed E-state index contributed by atoms with van der Waals surface area (Å²) in [7, 11) is 1.64. The fourth-order valence-electron chi connectivity index (χ4n) is 1.88. The molecule has 0 aliphatic carbocycles. The summed E-state index contributed by atoms with van der Waals surface area (Å²) in [6, 6.07) is 3.72. The molecule has 1 N–H and O–H groups in total. The molecule has 0 amide bonds. The Morgan fingerprint density at radius 2 is 2.35 bits per heavy atom. The number of imidazole rings is 1. The number of thiophene rings is 1. The Labute approximate surface area is 124 Å². The van der Waals surface area contributed by atoms with E-state index < -0.39 is 0 Å². The summed E-state index contributed by atoms with van der Waals surface area (Å²) in [6.45, 7) is -0.0683. The second-order valence-electron chi connectivity index (χ2n) is 4.08. The van der Waals surface area contributed by atoms with Gasteiger partial charge in [-0.15, -0.1) is 11.3 Å². The number of rotatable bonds is 5. The molecule has 0 atom stereocenters. The van der Waals surface area contributed by atoms with Crippen molar-refractivity contribution in [1.29, 1.82) is 0 Å². The number of aromatic nitrogens is 3. The minimum atomic E-state index is -0.0683. The summed E-state index contributed by atoms with van der Waals surface area (Å²) in [5.41, 5.74) is 2.81. The van der Waals surface area contributed by atoms with Crippen LogP contribution in [0.2, 0.25) is 0 Å². The molecule has 3 heterocycles. The third-order valence-electron chi connectivity index (χ3n) is 2.87. The lowest BCUT2D eigenvalue weighted by Gasteiger charge is -2.05. The minimum Gasteiger partial charge on any atom is -0.497 e. The second-order valence-corrected chi connectivity index (χ2v) is 5.77. The van der Waals surface area contributed by atoms with E-state index in [0.29, 0.717) is 5.75 Å². The van der Waals surface area contributed by atoms with E-state index in [0.717, 1.165) is 27.6 Å². The lowest BCUT2D eigenvalue weighted by atomic mass is 10.3. The van der Waals surface area contributed by atoms with Crippen molar-refractivity contribution < 1.29 is 9.84 Å². The van der Waals surface area contributed by atoms with Gasteiger partial charge in [-0.2, -0.15) is 0 Å². The number of hydrogen-bond acceptors (Lipinski definition) is 6. The van der Waals surface area contributed by atoms with Gasteiger partial charge in [-0.3, -0.25) is 9.55 Å². The Bertz CT molecular complexity index is 723. The number of fused-ring (bicyclic) bond motifs is 1. The van der Waals surface area contributed by atoms with Crippen LogP contribution in [-0.2, 0) is 12.5 Å². The van der Waals surface area contributed by atoms with Gasteiger partial charge >= 0.3 is 0 Å². The zero-order valence-corrected chi connectivity index (χ0v) is 12.4. The lowest BCUT2D eigenvalue weighted by Crippen LogP contribution is -1.98. The van der Waals surface area contributed by atoms with Gasteiger partial charge in [0.1, 0.15) is 18.0 Å². The van der Waals surface area contributed by atoms with E-state index in [4.69, 9.17) is 4.74 Å². The standard InChI is InChI=1S/C13H13N3O2S2/c1-18-10-2-3-14-9(4-10)5-20-13-15-11-6-19-7-12(11)16(13)8-17/h2-4,6-7,17H,5,8H2,1H3. The van der Waals surface area contributed by atoms with Crippen molar-refractivity contribution in [1.82, 2.24) is 14.5 Å². The summed E-state index contributed by atoms with van der Waals surface area (Å²) >= 11 is 3.14. The van der Waals surface area contributed by atoms with Gasteiger partial charge in [0, 0.05) is 28.8 Å². The van der Waals surface area contributed by atoms with Gasteiger partial charge in [-0.05, 0) is 6.07 Å². The van der Waals surface area contributed by atoms with Crippen LogP contribution < -0.4 is 4.74 Å². The number of ether oxygens (including phenoxy) is 1. The number of nitrogens with zero attached hydrogens (tertiary/aromatic N) is 3. The van der Waals surface area contributed by atoms with Gasteiger partial charge in [-0.25, -0.2) is 4.98 Å². The topological polar surface area (TPSA) is 60.2 Å². The Balaban J connectivity index is 1.80. The molecule has 0 unspecified atom stereocenters. The maximum atomic E-state index is 9.48. The van der Waals surface area contributed by atoms with Crippen LogP contribution in [-0.4, -0.2) is 26.8 Å². The summed E-state index contributed by atoms with van der Waals surface area (Å²) < 4.78 is 6.98. The van der Waals surface area contributed by atoms with E-state index in [9.17, 15) is 5.11 Å². The molecule has 3 aromatic rings. The third kappa shape index (κ3) is 2.52. The van der Waals surface area contributed by atoms with Crippen molar-refractivity contribution >= 4 is 34.1 Å². The van der Waals surface area contributed by atoms with Gasteiger partial charge in [-0.1, -0.05) is 11.8 Å². The van der Waals surface area contributed by atoms with Crippen LogP contribution in [0.3, 0.4) is 0 Å². The van der Waals surface area contributed by atoms with Gasteiger partial charge in [0.2, 0.25) is 0 Å². The summed E-state index contributed by atoms with van der Waals surface area (Å²) in [4.78, 5) is 8.82. The van der Waals surface area contributed by atoms with E-state index in [2.05, 4.69) is 9.97 Å². The van der Waals surface area contributed by atoms with Crippen LogP contribution in [0.5, 0.6) is 5.75 Å². The number of hydrogen-bond donors (Lipinski definition) is 1. The monoisotopic (exact) mass is 307 g/mol. The number of thioether (sulfide) groups is 1. The van der Waals surface area contributed by atoms with Gasteiger partial charge < -0.3 is 9.84 Å². The van der Waals surface area contributed by atoms with Crippen molar-refractivity contribution in [3.63, 3.8) is 0 Å². The van der Waals surface area contributed by atoms with Crippen LogP contribution in [0.4, 0.5) is 0 Å². The summed E-state index contributed by atoms with van der Waals surface area (Å²) in [5, 5.41) is 14.3. The molecule has 0 fully saturated rings. The Kier molecular flexibility index (Phi) is 3.90. The smallest absolute Gasteiger partial charge is 0.171 e. The molecule has 0 aromatic carbocycles. The number of methoxy groups -OCH3 is 1. The molecule has 0 saturated carbocycles. The highest BCUT2D eigenvalue weighted by molar-refractivity contribution is 7.98. The van der Waals surface area contributed by atoms with Crippen molar-refractivity contribution in [2.24, 2.45) is 0 Å². The molecule has 3 rings (SSSR count).